The van der Waals surface area contributed by atoms with Crippen molar-refractivity contribution in [2.75, 3.05) is 37.5 Å². The molecule has 9 nitrogen and oxygen atoms in total. The van der Waals surface area contributed by atoms with Gasteiger partial charge < -0.3 is 25.4 Å². The minimum absolute atomic E-state index is 0.00459. The lowest BCUT2D eigenvalue weighted by atomic mass is 9.87. The number of hydrogen-bond acceptors (Lipinski definition) is 8. The summed E-state index contributed by atoms with van der Waals surface area (Å²) in [6, 6.07) is 7.32. The van der Waals surface area contributed by atoms with Crippen LogP contribution in [0.5, 0.6) is 5.75 Å². The molecule has 0 atom stereocenters. The first-order valence-electron chi connectivity index (χ1n) is 11.9. The summed E-state index contributed by atoms with van der Waals surface area (Å²) in [6.45, 7) is 6.50. The third-order valence-corrected chi connectivity index (χ3v) is 6.92. The summed E-state index contributed by atoms with van der Waals surface area (Å²) in [4.78, 5) is 26.5. The number of nitrogens with zero attached hydrogens (tertiary/aromatic N) is 3. The number of ether oxygens (including phenoxy) is 2. The molecule has 1 fully saturated rings. The smallest absolute Gasteiger partial charge is 0.253 e. The number of fused-ring (bicyclic) bond motifs is 1. The number of aromatic nitrogens is 3. The van der Waals surface area contributed by atoms with Crippen molar-refractivity contribution in [1.82, 2.24) is 20.3 Å². The van der Waals surface area contributed by atoms with Crippen LogP contribution >= 0.6 is 11.6 Å². The van der Waals surface area contributed by atoms with Crippen LogP contribution in [0.25, 0.3) is 11.3 Å². The van der Waals surface area contributed by atoms with Gasteiger partial charge in [-0.25, -0.2) is 15.0 Å². The molecule has 36 heavy (non-hydrogen) atoms. The van der Waals surface area contributed by atoms with Crippen molar-refractivity contribution in [2.45, 2.75) is 38.1 Å². The van der Waals surface area contributed by atoms with Crippen LogP contribution in [0.3, 0.4) is 0 Å². The van der Waals surface area contributed by atoms with Crippen molar-refractivity contribution in [3.8, 4) is 17.0 Å². The van der Waals surface area contributed by atoms with Gasteiger partial charge in [-0.1, -0.05) is 25.4 Å². The molecule has 0 bridgehead atoms. The van der Waals surface area contributed by atoms with Gasteiger partial charge in [0.05, 0.1) is 29.1 Å². The molecule has 3 aromatic rings. The molecule has 2 aliphatic rings. The van der Waals surface area contributed by atoms with Gasteiger partial charge in [0.1, 0.15) is 11.6 Å². The Bertz CT molecular complexity index is 1290. The summed E-state index contributed by atoms with van der Waals surface area (Å²) < 4.78 is 10.9. The van der Waals surface area contributed by atoms with Crippen LogP contribution < -0.4 is 20.7 Å². The van der Waals surface area contributed by atoms with Gasteiger partial charge in [0.2, 0.25) is 5.95 Å². The number of carbonyl (C=O) groups is 1. The second-order valence-electron chi connectivity index (χ2n) is 9.64. The van der Waals surface area contributed by atoms with Crippen LogP contribution in [0.1, 0.15) is 42.6 Å². The van der Waals surface area contributed by atoms with Crippen LogP contribution in [0.15, 0.2) is 36.7 Å². The maximum atomic E-state index is 12.9. The highest BCUT2D eigenvalue weighted by Gasteiger charge is 2.31. The van der Waals surface area contributed by atoms with Crippen LogP contribution in [-0.2, 0) is 10.2 Å². The van der Waals surface area contributed by atoms with Crippen molar-refractivity contribution < 1.29 is 14.3 Å². The van der Waals surface area contributed by atoms with Crippen molar-refractivity contribution >= 4 is 35.0 Å². The molecule has 1 amide bonds. The van der Waals surface area contributed by atoms with Gasteiger partial charge in [0, 0.05) is 54.7 Å². The number of methoxy groups -OCH3 is 1. The highest BCUT2D eigenvalue weighted by Crippen LogP contribution is 2.37. The summed E-state index contributed by atoms with van der Waals surface area (Å²) >= 11 is 6.51. The van der Waals surface area contributed by atoms with E-state index in [2.05, 4.69) is 50.8 Å². The Balaban J connectivity index is 1.38. The average molecular weight is 509 g/mol. The average Bonchev–Trinajstić information content (AvgIpc) is 3.18. The van der Waals surface area contributed by atoms with Crippen LogP contribution in [-0.4, -0.2) is 53.8 Å². The molecule has 10 heteroatoms. The topological polar surface area (TPSA) is 110 Å². The van der Waals surface area contributed by atoms with E-state index in [9.17, 15) is 4.79 Å². The summed E-state index contributed by atoms with van der Waals surface area (Å²) in [5.74, 6) is 1.50. The van der Waals surface area contributed by atoms with E-state index in [4.69, 9.17) is 21.1 Å². The number of benzene rings is 1. The highest BCUT2D eigenvalue weighted by atomic mass is 35.5. The van der Waals surface area contributed by atoms with E-state index in [0.717, 1.165) is 42.0 Å². The molecule has 2 aliphatic heterocycles. The Labute approximate surface area is 215 Å². The van der Waals surface area contributed by atoms with E-state index in [1.165, 1.54) is 7.11 Å². The Morgan fingerprint density at radius 3 is 2.81 bits per heavy atom. The van der Waals surface area contributed by atoms with Crippen LogP contribution in [0.4, 0.5) is 17.5 Å². The van der Waals surface area contributed by atoms with E-state index in [1.807, 2.05) is 12.3 Å². The molecule has 0 unspecified atom stereocenters. The summed E-state index contributed by atoms with van der Waals surface area (Å²) in [5.41, 5.74) is 3.70. The third-order valence-electron chi connectivity index (χ3n) is 6.60. The lowest BCUT2D eigenvalue weighted by molar-refractivity contribution is 0.0696. The quantitative estimate of drug-likeness (QED) is 0.444. The molecule has 0 spiro atoms. The fourth-order valence-corrected chi connectivity index (χ4v) is 4.71. The fourth-order valence-electron chi connectivity index (χ4n) is 4.46. The van der Waals surface area contributed by atoms with E-state index < -0.39 is 0 Å². The number of pyridine rings is 1. The predicted molar refractivity (Wildman–Crippen MR) is 139 cm³/mol. The van der Waals surface area contributed by atoms with Gasteiger partial charge >= 0.3 is 0 Å². The molecule has 1 saturated heterocycles. The standard InChI is InChI=1S/C26H29ClN6O3/c1-26(2)14-30-23-18(26)10-15(13-29-23)20-4-7-28-25(32-20)33-21-12-19(27)17(11-22(21)35-3)24(34)31-16-5-8-36-9-6-16/h4,7,10-13,16H,5-6,8-9,14H2,1-3H3,(H,29,30)(H,31,34)(H,28,32,33). The van der Waals surface area contributed by atoms with Gasteiger partial charge in [-0.15, -0.1) is 0 Å². The molecule has 1 aromatic carbocycles. The van der Waals surface area contributed by atoms with Gasteiger partial charge in [-0.2, -0.15) is 0 Å². The zero-order valence-corrected chi connectivity index (χ0v) is 21.3. The largest absolute Gasteiger partial charge is 0.495 e. The first-order chi connectivity index (χ1) is 17.3. The molecule has 0 aliphatic carbocycles. The van der Waals surface area contributed by atoms with E-state index in [0.29, 0.717) is 41.2 Å². The Morgan fingerprint density at radius 2 is 2.03 bits per heavy atom. The van der Waals surface area contributed by atoms with Gasteiger partial charge in [-0.05, 0) is 37.1 Å². The minimum atomic E-state index is -0.239. The van der Waals surface area contributed by atoms with Crippen molar-refractivity contribution in [3.63, 3.8) is 0 Å². The number of rotatable bonds is 6. The van der Waals surface area contributed by atoms with Crippen molar-refractivity contribution in [3.05, 3.63) is 52.8 Å². The number of hydrogen-bond donors (Lipinski definition) is 3. The number of anilines is 3. The van der Waals surface area contributed by atoms with Crippen molar-refractivity contribution in [2.24, 2.45) is 0 Å². The lowest BCUT2D eigenvalue weighted by Gasteiger charge is -2.23. The first kappa shape index (κ1) is 24.3. The Hall–Kier alpha value is -3.43. The summed E-state index contributed by atoms with van der Waals surface area (Å²) in [7, 11) is 1.54. The third kappa shape index (κ3) is 4.94. The first-order valence-corrected chi connectivity index (χ1v) is 12.3. The van der Waals surface area contributed by atoms with E-state index >= 15 is 0 Å². The molecule has 188 valence electrons. The maximum Gasteiger partial charge on any atom is 0.253 e. The Morgan fingerprint density at radius 1 is 1.22 bits per heavy atom. The second-order valence-corrected chi connectivity index (χ2v) is 10.0. The van der Waals surface area contributed by atoms with Gasteiger partial charge in [-0.3, -0.25) is 4.79 Å². The number of amides is 1. The lowest BCUT2D eigenvalue weighted by Crippen LogP contribution is -2.39. The van der Waals surface area contributed by atoms with E-state index in [-0.39, 0.29) is 17.4 Å². The van der Waals surface area contributed by atoms with Gasteiger partial charge in [0.15, 0.2) is 0 Å². The monoisotopic (exact) mass is 508 g/mol. The normalized spacial score (nSPS) is 16.7. The van der Waals surface area contributed by atoms with Crippen LogP contribution in [0, 0.1) is 0 Å². The second kappa shape index (κ2) is 9.91. The molecule has 4 heterocycles. The highest BCUT2D eigenvalue weighted by molar-refractivity contribution is 6.34. The summed E-state index contributed by atoms with van der Waals surface area (Å²) in [6.07, 6.45) is 5.05. The molecule has 3 N–H and O–H groups in total. The predicted octanol–water partition coefficient (Wildman–Crippen LogP) is 4.56. The number of halogens is 1. The zero-order valence-electron chi connectivity index (χ0n) is 20.5. The molecule has 0 radical (unpaired) electrons. The minimum Gasteiger partial charge on any atom is -0.495 e. The zero-order chi connectivity index (χ0) is 25.3. The molecule has 0 saturated carbocycles. The molecule has 2 aromatic heterocycles. The van der Waals surface area contributed by atoms with Crippen molar-refractivity contribution in [1.29, 1.82) is 0 Å². The van der Waals surface area contributed by atoms with E-state index in [1.54, 1.807) is 18.3 Å². The molecular weight excluding hydrogens is 480 g/mol. The fraction of sp³-hybridized carbons (Fsp3) is 0.385. The molecular formula is C26H29ClN6O3. The van der Waals surface area contributed by atoms with Gasteiger partial charge in [0.25, 0.3) is 5.91 Å². The number of carbonyl (C=O) groups excluding carboxylic acids is 1. The SMILES string of the molecule is COc1cc(C(=O)NC2CCOCC2)c(Cl)cc1Nc1nccc(-c2cnc3c(c2)C(C)(C)CN3)n1. The number of nitrogens with one attached hydrogen (secondary N) is 3. The Kier molecular flexibility index (Phi) is 6.68. The summed E-state index contributed by atoms with van der Waals surface area (Å²) in [5, 5.41) is 9.86. The van der Waals surface area contributed by atoms with Crippen LogP contribution in [0.2, 0.25) is 5.02 Å². The maximum absolute atomic E-state index is 12.9. The molecule has 5 rings (SSSR count).